The Hall–Kier alpha value is -3.13. The molecule has 0 saturated heterocycles. The highest BCUT2D eigenvalue weighted by molar-refractivity contribution is 5.70. The van der Waals surface area contributed by atoms with Crippen LogP contribution >= 0.6 is 0 Å². The summed E-state index contributed by atoms with van der Waals surface area (Å²) in [4.78, 5) is 2.13. The molecule has 0 saturated carbocycles. The minimum Gasteiger partial charge on any atom is -0.497 e. The molecule has 0 aliphatic carbocycles. The van der Waals surface area contributed by atoms with Crippen LogP contribution in [-0.4, -0.2) is 30.8 Å². The van der Waals surface area contributed by atoms with Crippen molar-refractivity contribution in [3.63, 3.8) is 0 Å². The number of aliphatic hydroxyl groups is 1. The van der Waals surface area contributed by atoms with E-state index in [1.54, 1.807) is 7.11 Å². The largest absolute Gasteiger partial charge is 0.497 e. The Morgan fingerprint density at radius 1 is 1.00 bits per heavy atom. The van der Waals surface area contributed by atoms with Gasteiger partial charge in [0.15, 0.2) is 0 Å². The van der Waals surface area contributed by atoms with Gasteiger partial charge >= 0.3 is 0 Å². The molecule has 3 aromatic carbocycles. The van der Waals surface area contributed by atoms with Crippen molar-refractivity contribution in [1.82, 2.24) is 4.90 Å². The van der Waals surface area contributed by atoms with Crippen molar-refractivity contribution >= 4 is 0 Å². The summed E-state index contributed by atoms with van der Waals surface area (Å²) in [6.07, 6.45) is 0. The van der Waals surface area contributed by atoms with Crippen LogP contribution < -0.4 is 4.74 Å². The van der Waals surface area contributed by atoms with E-state index in [-0.39, 0.29) is 12.6 Å². The molecule has 1 atom stereocenters. The minimum absolute atomic E-state index is 0.0382. The van der Waals surface area contributed by atoms with Crippen LogP contribution in [0.25, 0.3) is 11.1 Å². The lowest BCUT2D eigenvalue weighted by Crippen LogP contribution is -2.26. The van der Waals surface area contributed by atoms with Crippen molar-refractivity contribution in [3.8, 4) is 22.9 Å². The molecule has 0 fully saturated rings. The minimum atomic E-state index is -0.0927. The SMILES string of the molecule is COc1ccc(C(CO)N(C)Cc2ccc(-c3ccccc3C#N)cc2)cc1. The first-order chi connectivity index (χ1) is 13.7. The van der Waals surface area contributed by atoms with Gasteiger partial charge in [-0.25, -0.2) is 0 Å². The average molecular weight is 372 g/mol. The van der Waals surface area contributed by atoms with E-state index in [1.807, 2.05) is 67.7 Å². The lowest BCUT2D eigenvalue weighted by molar-refractivity contribution is 0.142. The quantitative estimate of drug-likeness (QED) is 0.668. The van der Waals surface area contributed by atoms with Crippen LogP contribution in [0.2, 0.25) is 0 Å². The number of likely N-dealkylation sites (N-methyl/N-ethyl adjacent to an activating group) is 1. The van der Waals surface area contributed by atoms with Gasteiger partial charge in [-0.2, -0.15) is 5.26 Å². The molecule has 3 rings (SSSR count). The number of benzene rings is 3. The van der Waals surface area contributed by atoms with Crippen molar-refractivity contribution in [1.29, 1.82) is 5.26 Å². The number of rotatable bonds is 7. The summed E-state index contributed by atoms with van der Waals surface area (Å²) < 4.78 is 5.21. The standard InChI is InChI=1S/C24H24N2O2/c1-26(24(17-27)20-11-13-22(28-2)14-12-20)16-18-7-9-19(10-8-18)23-6-4-3-5-21(23)15-25/h3-14,24,27H,16-17H2,1-2H3. The maximum absolute atomic E-state index is 9.90. The fraction of sp³-hybridized carbons (Fsp3) is 0.208. The zero-order valence-corrected chi connectivity index (χ0v) is 16.2. The van der Waals surface area contributed by atoms with Gasteiger partial charge in [0.05, 0.1) is 31.4 Å². The molecular weight excluding hydrogens is 348 g/mol. The van der Waals surface area contributed by atoms with Crippen molar-refractivity contribution in [2.75, 3.05) is 20.8 Å². The summed E-state index contributed by atoms with van der Waals surface area (Å²) in [5.74, 6) is 0.802. The van der Waals surface area contributed by atoms with Gasteiger partial charge < -0.3 is 9.84 Å². The summed E-state index contributed by atoms with van der Waals surface area (Å²) in [7, 11) is 3.65. The van der Waals surface area contributed by atoms with Gasteiger partial charge in [-0.15, -0.1) is 0 Å². The van der Waals surface area contributed by atoms with Gasteiger partial charge in [-0.05, 0) is 47.5 Å². The van der Waals surface area contributed by atoms with Crippen LogP contribution in [0.1, 0.15) is 22.7 Å². The normalized spacial score (nSPS) is 11.8. The van der Waals surface area contributed by atoms with Crippen molar-refractivity contribution < 1.29 is 9.84 Å². The van der Waals surface area contributed by atoms with E-state index in [0.717, 1.165) is 28.0 Å². The molecule has 0 amide bonds. The second-order valence-corrected chi connectivity index (χ2v) is 6.74. The van der Waals surface area contributed by atoms with E-state index >= 15 is 0 Å². The van der Waals surface area contributed by atoms with E-state index in [1.165, 1.54) is 0 Å². The van der Waals surface area contributed by atoms with Crippen molar-refractivity contribution in [2.45, 2.75) is 12.6 Å². The Bertz CT molecular complexity index is 944. The molecular formula is C24H24N2O2. The molecule has 4 heteroatoms. The van der Waals surface area contributed by atoms with Crippen LogP contribution in [-0.2, 0) is 6.54 Å². The Morgan fingerprint density at radius 3 is 2.29 bits per heavy atom. The van der Waals surface area contributed by atoms with Crippen LogP contribution in [0, 0.1) is 11.3 Å². The summed E-state index contributed by atoms with van der Waals surface area (Å²) in [6, 6.07) is 25.8. The lowest BCUT2D eigenvalue weighted by atomic mass is 9.99. The molecule has 0 bridgehead atoms. The summed E-state index contributed by atoms with van der Waals surface area (Å²) in [5, 5.41) is 19.2. The molecule has 142 valence electrons. The van der Waals surface area contributed by atoms with Gasteiger partial charge in [-0.1, -0.05) is 54.6 Å². The van der Waals surface area contributed by atoms with Crippen LogP contribution in [0.4, 0.5) is 0 Å². The van der Waals surface area contributed by atoms with E-state index in [4.69, 9.17) is 4.74 Å². The zero-order valence-electron chi connectivity index (χ0n) is 16.2. The fourth-order valence-corrected chi connectivity index (χ4v) is 3.35. The van der Waals surface area contributed by atoms with E-state index in [2.05, 4.69) is 23.1 Å². The van der Waals surface area contributed by atoms with Crippen LogP contribution in [0.5, 0.6) is 5.75 Å². The first-order valence-corrected chi connectivity index (χ1v) is 9.19. The maximum Gasteiger partial charge on any atom is 0.118 e. The van der Waals surface area contributed by atoms with E-state index in [9.17, 15) is 10.4 Å². The van der Waals surface area contributed by atoms with Crippen molar-refractivity contribution in [3.05, 3.63) is 89.5 Å². The highest BCUT2D eigenvalue weighted by atomic mass is 16.5. The van der Waals surface area contributed by atoms with Crippen LogP contribution in [0.15, 0.2) is 72.8 Å². The van der Waals surface area contributed by atoms with Gasteiger partial charge in [0.2, 0.25) is 0 Å². The molecule has 0 aromatic heterocycles. The second kappa shape index (κ2) is 9.18. The van der Waals surface area contributed by atoms with Crippen LogP contribution in [0.3, 0.4) is 0 Å². The third-order valence-corrected chi connectivity index (χ3v) is 4.95. The first kappa shape index (κ1) is 19.6. The number of nitrogens with zero attached hydrogens (tertiary/aromatic N) is 2. The summed E-state index contributed by atoms with van der Waals surface area (Å²) in [5.41, 5.74) is 4.83. The van der Waals surface area contributed by atoms with E-state index < -0.39 is 0 Å². The second-order valence-electron chi connectivity index (χ2n) is 6.74. The lowest BCUT2D eigenvalue weighted by Gasteiger charge is -2.27. The number of ether oxygens (including phenoxy) is 1. The van der Waals surface area contributed by atoms with Gasteiger partial charge in [0.1, 0.15) is 5.75 Å². The number of methoxy groups -OCH3 is 1. The predicted molar refractivity (Wildman–Crippen MR) is 111 cm³/mol. The molecule has 0 aliphatic rings. The highest BCUT2D eigenvalue weighted by Gasteiger charge is 2.16. The molecule has 0 aliphatic heterocycles. The molecule has 3 aromatic rings. The maximum atomic E-state index is 9.90. The molecule has 1 unspecified atom stereocenters. The summed E-state index contributed by atoms with van der Waals surface area (Å²) >= 11 is 0. The summed E-state index contributed by atoms with van der Waals surface area (Å²) in [6.45, 7) is 0.744. The zero-order chi connectivity index (χ0) is 19.9. The molecule has 0 spiro atoms. The van der Waals surface area contributed by atoms with Gasteiger partial charge in [-0.3, -0.25) is 4.90 Å². The Kier molecular flexibility index (Phi) is 6.44. The number of aliphatic hydroxyl groups excluding tert-OH is 1. The fourth-order valence-electron chi connectivity index (χ4n) is 3.35. The topological polar surface area (TPSA) is 56.5 Å². The third kappa shape index (κ3) is 4.40. The molecule has 0 heterocycles. The first-order valence-electron chi connectivity index (χ1n) is 9.19. The number of hydrogen-bond acceptors (Lipinski definition) is 4. The molecule has 0 radical (unpaired) electrons. The monoisotopic (exact) mass is 372 g/mol. The predicted octanol–water partition coefficient (Wildman–Crippen LogP) is 4.40. The Balaban J connectivity index is 1.74. The van der Waals surface area contributed by atoms with E-state index in [0.29, 0.717) is 12.1 Å². The smallest absolute Gasteiger partial charge is 0.118 e. The highest BCUT2D eigenvalue weighted by Crippen LogP contribution is 2.26. The molecule has 1 N–H and O–H groups in total. The van der Waals surface area contributed by atoms with Crippen molar-refractivity contribution in [2.24, 2.45) is 0 Å². The molecule has 28 heavy (non-hydrogen) atoms. The van der Waals surface area contributed by atoms with Gasteiger partial charge in [0.25, 0.3) is 0 Å². The Morgan fingerprint density at radius 2 is 1.68 bits per heavy atom. The average Bonchev–Trinajstić information content (AvgIpc) is 2.75. The number of nitriles is 1. The Labute approximate surface area is 166 Å². The number of hydrogen-bond donors (Lipinski definition) is 1. The third-order valence-electron chi connectivity index (χ3n) is 4.95. The molecule has 4 nitrogen and oxygen atoms in total. The van der Waals surface area contributed by atoms with Gasteiger partial charge in [0, 0.05) is 6.54 Å².